The Bertz CT molecular complexity index is 1130. The molecule has 0 fully saturated rings. The van der Waals surface area contributed by atoms with E-state index in [0.717, 1.165) is 28.7 Å². The quantitative estimate of drug-likeness (QED) is 0.316. The van der Waals surface area contributed by atoms with Gasteiger partial charge in [0.2, 0.25) is 11.5 Å². The fourth-order valence-electron chi connectivity index (χ4n) is 3.46. The first-order chi connectivity index (χ1) is 17.0. The van der Waals surface area contributed by atoms with Crippen LogP contribution in [-0.2, 0) is 0 Å². The highest BCUT2D eigenvalue weighted by molar-refractivity contribution is 5.75. The lowest BCUT2D eigenvalue weighted by molar-refractivity contribution is 0.275. The van der Waals surface area contributed by atoms with Crippen molar-refractivity contribution < 1.29 is 28.8 Å². The Morgan fingerprint density at radius 3 is 1.34 bits per heavy atom. The number of ether oxygens (including phenoxy) is 5. The van der Waals surface area contributed by atoms with Gasteiger partial charge in [-0.15, -0.1) is 0 Å². The number of phenols is 1. The minimum Gasteiger partial charge on any atom is -0.502 e. The average molecular weight is 477 g/mol. The molecule has 184 valence electrons. The molecule has 3 aromatic rings. The van der Waals surface area contributed by atoms with Crippen LogP contribution < -0.4 is 23.7 Å². The number of aromatic hydroxyl groups is 1. The van der Waals surface area contributed by atoms with Crippen LogP contribution in [0.1, 0.15) is 35.6 Å². The van der Waals surface area contributed by atoms with Gasteiger partial charge < -0.3 is 28.8 Å². The highest BCUT2D eigenvalue weighted by Crippen LogP contribution is 2.39. The SMILES string of the molecule is CCCOc1c(OC)cc(/C=C/c2ccc(/C=C/c3cc(OC)c(O)c(OC)c3)cc2)cc1OC. The monoisotopic (exact) mass is 476 g/mol. The van der Waals surface area contributed by atoms with Crippen LogP contribution in [0.15, 0.2) is 48.5 Å². The number of methoxy groups -OCH3 is 4. The molecule has 3 aromatic carbocycles. The summed E-state index contributed by atoms with van der Waals surface area (Å²) >= 11 is 0. The third-order valence-corrected chi connectivity index (χ3v) is 5.31. The molecule has 0 radical (unpaired) electrons. The molecule has 35 heavy (non-hydrogen) atoms. The zero-order valence-electron chi connectivity index (χ0n) is 20.8. The predicted octanol–water partition coefficient (Wildman–Crippen LogP) is 6.56. The lowest BCUT2D eigenvalue weighted by Gasteiger charge is -2.15. The summed E-state index contributed by atoms with van der Waals surface area (Å²) < 4.78 is 27.3. The molecule has 0 saturated heterocycles. The Morgan fingerprint density at radius 1 is 0.600 bits per heavy atom. The van der Waals surface area contributed by atoms with Gasteiger partial charge in [-0.2, -0.15) is 0 Å². The maximum absolute atomic E-state index is 10.1. The highest BCUT2D eigenvalue weighted by atomic mass is 16.5. The molecule has 0 unspecified atom stereocenters. The van der Waals surface area contributed by atoms with Gasteiger partial charge in [0.05, 0.1) is 35.0 Å². The molecular formula is C29H32O6. The van der Waals surface area contributed by atoms with Crippen molar-refractivity contribution in [3.63, 3.8) is 0 Å². The van der Waals surface area contributed by atoms with Crippen molar-refractivity contribution in [1.29, 1.82) is 0 Å². The second kappa shape index (κ2) is 12.4. The van der Waals surface area contributed by atoms with E-state index in [4.69, 9.17) is 23.7 Å². The summed E-state index contributed by atoms with van der Waals surface area (Å²) in [5.41, 5.74) is 3.89. The van der Waals surface area contributed by atoms with Crippen molar-refractivity contribution >= 4 is 24.3 Å². The Labute approximate surface area is 207 Å². The average Bonchev–Trinajstić information content (AvgIpc) is 2.90. The van der Waals surface area contributed by atoms with E-state index in [0.29, 0.717) is 35.4 Å². The largest absolute Gasteiger partial charge is 0.502 e. The van der Waals surface area contributed by atoms with Crippen LogP contribution >= 0.6 is 0 Å². The van der Waals surface area contributed by atoms with Crippen molar-refractivity contribution in [1.82, 2.24) is 0 Å². The van der Waals surface area contributed by atoms with Gasteiger partial charge in [0, 0.05) is 0 Å². The first-order valence-corrected chi connectivity index (χ1v) is 11.3. The topological polar surface area (TPSA) is 66.4 Å². The molecule has 6 nitrogen and oxygen atoms in total. The Balaban J connectivity index is 1.76. The van der Waals surface area contributed by atoms with Crippen LogP contribution in [0, 0.1) is 0 Å². The fourth-order valence-corrected chi connectivity index (χ4v) is 3.46. The molecule has 0 aliphatic heterocycles. The number of hydrogen-bond acceptors (Lipinski definition) is 6. The van der Waals surface area contributed by atoms with Gasteiger partial charge in [0.25, 0.3) is 0 Å². The second-order valence-electron chi connectivity index (χ2n) is 7.71. The summed E-state index contributed by atoms with van der Waals surface area (Å²) in [5.74, 6) is 2.61. The molecular weight excluding hydrogens is 444 g/mol. The summed E-state index contributed by atoms with van der Waals surface area (Å²) in [6.07, 6.45) is 8.87. The molecule has 6 heteroatoms. The van der Waals surface area contributed by atoms with Crippen LogP contribution in [0.5, 0.6) is 34.5 Å². The van der Waals surface area contributed by atoms with Gasteiger partial charge in [-0.1, -0.05) is 55.5 Å². The molecule has 0 spiro atoms. The lowest BCUT2D eigenvalue weighted by atomic mass is 10.1. The van der Waals surface area contributed by atoms with Crippen LogP contribution in [0.2, 0.25) is 0 Å². The van der Waals surface area contributed by atoms with Gasteiger partial charge >= 0.3 is 0 Å². The van der Waals surface area contributed by atoms with Crippen LogP contribution in [0.4, 0.5) is 0 Å². The smallest absolute Gasteiger partial charge is 0.203 e. The third kappa shape index (κ3) is 6.51. The summed E-state index contributed by atoms with van der Waals surface area (Å²) in [6.45, 7) is 2.65. The number of hydrogen-bond donors (Lipinski definition) is 1. The summed E-state index contributed by atoms with van der Waals surface area (Å²) in [5, 5.41) is 10.1. The Hall–Kier alpha value is -4.06. The van der Waals surface area contributed by atoms with Crippen molar-refractivity contribution in [2.45, 2.75) is 13.3 Å². The van der Waals surface area contributed by atoms with Crippen molar-refractivity contribution in [2.24, 2.45) is 0 Å². The molecule has 0 saturated carbocycles. The van der Waals surface area contributed by atoms with Crippen LogP contribution in [0.3, 0.4) is 0 Å². The molecule has 1 N–H and O–H groups in total. The van der Waals surface area contributed by atoms with E-state index in [1.807, 2.05) is 60.7 Å². The molecule has 0 aliphatic carbocycles. The standard InChI is InChI=1S/C29H32O6/c1-6-15-35-29-26(33-4)18-23(19-27(29)34-5)14-12-21-9-7-20(8-10-21)11-13-22-16-24(31-2)28(30)25(17-22)32-3/h7-14,16-19,30H,6,15H2,1-5H3/b13-11+,14-12+. The number of phenolic OH excluding ortho intramolecular Hbond substituents is 1. The van der Waals surface area contributed by atoms with Crippen LogP contribution in [0.25, 0.3) is 24.3 Å². The highest BCUT2D eigenvalue weighted by Gasteiger charge is 2.13. The van der Waals surface area contributed by atoms with E-state index in [-0.39, 0.29) is 5.75 Å². The van der Waals surface area contributed by atoms with Gasteiger partial charge in [-0.3, -0.25) is 0 Å². The molecule has 3 rings (SSSR count). The number of benzene rings is 3. The van der Waals surface area contributed by atoms with Crippen molar-refractivity contribution in [3.8, 4) is 34.5 Å². The minimum atomic E-state index is -0.0124. The Morgan fingerprint density at radius 2 is 0.971 bits per heavy atom. The lowest BCUT2D eigenvalue weighted by Crippen LogP contribution is -2.00. The molecule has 0 heterocycles. The minimum absolute atomic E-state index is 0.0124. The van der Waals surface area contributed by atoms with E-state index >= 15 is 0 Å². The molecule has 0 atom stereocenters. The van der Waals surface area contributed by atoms with Crippen molar-refractivity contribution in [2.75, 3.05) is 35.0 Å². The zero-order valence-corrected chi connectivity index (χ0v) is 20.8. The second-order valence-corrected chi connectivity index (χ2v) is 7.71. The predicted molar refractivity (Wildman–Crippen MR) is 141 cm³/mol. The van der Waals surface area contributed by atoms with Crippen LogP contribution in [-0.4, -0.2) is 40.2 Å². The molecule has 0 bridgehead atoms. The summed E-state index contributed by atoms with van der Waals surface area (Å²) in [7, 11) is 6.26. The molecule has 0 aromatic heterocycles. The number of rotatable bonds is 11. The van der Waals surface area contributed by atoms with E-state index in [9.17, 15) is 5.11 Å². The third-order valence-electron chi connectivity index (χ3n) is 5.31. The summed E-state index contributed by atoms with van der Waals surface area (Å²) in [4.78, 5) is 0. The molecule has 0 aliphatic rings. The first-order valence-electron chi connectivity index (χ1n) is 11.3. The maximum atomic E-state index is 10.1. The zero-order chi connectivity index (χ0) is 25.2. The van der Waals surface area contributed by atoms with E-state index in [2.05, 4.69) is 6.92 Å². The van der Waals surface area contributed by atoms with E-state index < -0.39 is 0 Å². The first kappa shape index (κ1) is 25.6. The van der Waals surface area contributed by atoms with E-state index in [1.165, 1.54) is 14.2 Å². The van der Waals surface area contributed by atoms with Gasteiger partial charge in [0.15, 0.2) is 23.0 Å². The van der Waals surface area contributed by atoms with Gasteiger partial charge in [0.1, 0.15) is 0 Å². The molecule has 0 amide bonds. The fraction of sp³-hybridized carbons (Fsp3) is 0.241. The Kier molecular flexibility index (Phi) is 9.07. The normalized spacial score (nSPS) is 11.1. The van der Waals surface area contributed by atoms with E-state index in [1.54, 1.807) is 26.4 Å². The maximum Gasteiger partial charge on any atom is 0.203 e. The summed E-state index contributed by atoms with van der Waals surface area (Å²) in [6, 6.07) is 15.5. The van der Waals surface area contributed by atoms with Gasteiger partial charge in [-0.25, -0.2) is 0 Å². The van der Waals surface area contributed by atoms with Gasteiger partial charge in [-0.05, 0) is 52.9 Å². The van der Waals surface area contributed by atoms with Crippen molar-refractivity contribution in [3.05, 3.63) is 70.8 Å².